The van der Waals surface area contributed by atoms with Crippen molar-refractivity contribution in [2.75, 3.05) is 0 Å². The minimum absolute atomic E-state index is 0. The summed E-state index contributed by atoms with van der Waals surface area (Å²) in [5, 5.41) is 7.89. The van der Waals surface area contributed by atoms with Crippen LogP contribution >= 0.6 is 0 Å². The van der Waals surface area contributed by atoms with Crippen LogP contribution in [0.3, 0.4) is 0 Å². The normalized spacial score (nSPS) is 3.00. The molecular weight excluding hydrogens is 69.0 g/mol. The third-order valence-electron chi connectivity index (χ3n) is 0. The molecule has 0 aromatic rings. The zero-order valence-electron chi connectivity index (χ0n) is 2.30. The Bertz CT molecular complexity index is 13.5. The van der Waals surface area contributed by atoms with E-state index in [9.17, 15) is 0 Å². The fraction of sp³-hybridized carbons (Fsp3) is 0. The first-order valence-corrected chi connectivity index (χ1v) is 0.383. The van der Waals surface area contributed by atoms with Crippen LogP contribution in [0.4, 0.5) is 0 Å². The van der Waals surface area contributed by atoms with Gasteiger partial charge in [-0.25, -0.2) is 0 Å². The Labute approximate surface area is 45.2 Å². The first-order chi connectivity index (χ1) is 1.41. The molecule has 0 atom stereocenters. The van der Waals surface area contributed by atoms with E-state index in [4.69, 9.17) is 10.1 Å². The summed E-state index contributed by atoms with van der Waals surface area (Å²) in [6, 6.07) is 0. The first kappa shape index (κ1) is 8.83. The molecule has 18 valence electrons. The predicted octanol–water partition coefficient (Wildman–Crippen LogP) is -2.85. The molecule has 0 bridgehead atoms. The van der Waals surface area contributed by atoms with Gasteiger partial charge in [-0.05, 0) is 0 Å². The van der Waals surface area contributed by atoms with Crippen molar-refractivity contribution in [3.63, 3.8) is 0 Å². The van der Waals surface area contributed by atoms with E-state index in [-0.39, 0.29) is 29.6 Å². The maximum atomic E-state index is 8.11. The van der Waals surface area contributed by atoms with Crippen LogP contribution in [0.5, 0.6) is 0 Å². The van der Waals surface area contributed by atoms with Gasteiger partial charge in [0.1, 0.15) is 0 Å². The molecule has 4 heteroatoms. The Morgan fingerprint density at radius 1 is 1.75 bits per heavy atom. The van der Waals surface area contributed by atoms with Crippen molar-refractivity contribution in [3.05, 3.63) is 4.91 Å². The van der Waals surface area contributed by atoms with E-state index in [1.54, 1.807) is 0 Å². The van der Waals surface area contributed by atoms with Gasteiger partial charge in [0.2, 0.25) is 0 Å². The molecule has 0 aromatic carbocycles. The molecule has 0 heterocycles. The quantitative estimate of drug-likeness (QED) is 0.189. The maximum Gasteiger partial charge on any atom is 1.00 e. The average molecular weight is 70.0 g/mol. The third-order valence-corrected chi connectivity index (χ3v) is 0. The van der Waals surface area contributed by atoms with Gasteiger partial charge in [0, 0.05) is 0 Å². The summed E-state index contributed by atoms with van der Waals surface area (Å²) in [6.45, 7) is 0. The van der Waals surface area contributed by atoms with Gasteiger partial charge in [0.05, 0.1) is 0 Å². The molecule has 0 aliphatic heterocycles. The van der Waals surface area contributed by atoms with Crippen molar-refractivity contribution >= 4 is 0 Å². The summed E-state index contributed by atoms with van der Waals surface area (Å²) >= 11 is 0. The molecule has 0 saturated carbocycles. The second kappa shape index (κ2) is 9.99. The fourth-order valence-electron chi connectivity index (χ4n) is 0. The zero-order chi connectivity index (χ0) is 2.71. The van der Waals surface area contributed by atoms with Gasteiger partial charge in [-0.2, -0.15) is 0 Å². The largest absolute Gasteiger partial charge is 1.00 e. The summed E-state index contributed by atoms with van der Waals surface area (Å²) in [5.74, 6) is 0. The van der Waals surface area contributed by atoms with Crippen molar-refractivity contribution < 1.29 is 34.8 Å². The Balaban J connectivity index is 0. The zero-order valence-corrected chi connectivity index (χ0v) is 4.30. The van der Waals surface area contributed by atoms with Gasteiger partial charge in [-0.1, -0.05) is 0 Å². The van der Waals surface area contributed by atoms with E-state index in [2.05, 4.69) is 0 Å². The third kappa shape index (κ3) is 29.4. The Morgan fingerprint density at radius 3 is 1.75 bits per heavy atom. The van der Waals surface area contributed by atoms with Gasteiger partial charge in [0.15, 0.2) is 5.34 Å². The molecule has 0 saturated heterocycles. The van der Waals surface area contributed by atoms with E-state index in [1.165, 1.54) is 5.34 Å². The van der Waals surface area contributed by atoms with Crippen molar-refractivity contribution in [3.8, 4) is 0 Å². The monoisotopic (exact) mass is 70.0 g/mol. The maximum absolute atomic E-state index is 8.11. The van der Waals surface area contributed by atoms with Crippen LogP contribution in [0.15, 0.2) is 5.34 Å². The van der Waals surface area contributed by atoms with E-state index in [0.717, 1.165) is 0 Å². The topological polar surface area (TPSA) is 49.7 Å². The van der Waals surface area contributed by atoms with Crippen molar-refractivity contribution in [2.24, 2.45) is 5.34 Å². The van der Waals surface area contributed by atoms with Crippen LogP contribution in [-0.4, -0.2) is 5.21 Å². The van der Waals surface area contributed by atoms with Crippen LogP contribution < -0.4 is 29.6 Å². The molecular formula is HNNaO2+. The summed E-state index contributed by atoms with van der Waals surface area (Å²) in [4.78, 5) is 8.11. The van der Waals surface area contributed by atoms with E-state index < -0.39 is 0 Å². The molecule has 0 radical (unpaired) electrons. The molecule has 0 amide bonds. The molecule has 0 rings (SSSR count). The van der Waals surface area contributed by atoms with Gasteiger partial charge in [-0.15, -0.1) is 4.91 Å². The Hall–Kier alpha value is 0.400. The van der Waals surface area contributed by atoms with Gasteiger partial charge in [-0.3, -0.25) is 0 Å². The minimum Gasteiger partial charge on any atom is -0.379 e. The molecule has 0 aromatic heterocycles. The van der Waals surface area contributed by atoms with Gasteiger partial charge in [0.25, 0.3) is 0 Å². The SMILES string of the molecule is O=NO.[Na+]. The molecule has 0 unspecified atom stereocenters. The standard InChI is InChI=1S/HNO2.Na/c2-1-3;/h(H,2,3);/q;+1. The number of rotatable bonds is 0. The van der Waals surface area contributed by atoms with Crippen molar-refractivity contribution in [2.45, 2.75) is 0 Å². The number of hydrogen-bond acceptors (Lipinski definition) is 2. The first-order valence-electron chi connectivity index (χ1n) is 0.383. The predicted molar refractivity (Wildman–Crippen MR) is 7.58 cm³/mol. The second-order valence-electron chi connectivity index (χ2n) is 0.0816. The van der Waals surface area contributed by atoms with E-state index in [0.29, 0.717) is 0 Å². The number of hydrogen-bond donors (Lipinski definition) is 1. The van der Waals surface area contributed by atoms with Crippen molar-refractivity contribution in [1.82, 2.24) is 0 Å². The molecule has 0 aliphatic carbocycles. The van der Waals surface area contributed by atoms with Crippen LogP contribution in [0, 0.1) is 4.91 Å². The Kier molecular flexibility index (Phi) is 22.1. The summed E-state index contributed by atoms with van der Waals surface area (Å²) < 4.78 is 0. The molecule has 3 nitrogen and oxygen atoms in total. The molecule has 0 spiro atoms. The van der Waals surface area contributed by atoms with Gasteiger partial charge >= 0.3 is 29.6 Å². The molecule has 0 fully saturated rings. The van der Waals surface area contributed by atoms with Gasteiger partial charge < -0.3 is 5.21 Å². The molecule has 0 aliphatic rings. The van der Waals surface area contributed by atoms with Crippen LogP contribution in [-0.2, 0) is 0 Å². The number of nitrogens with zero attached hydrogens (tertiary/aromatic N) is 1. The summed E-state index contributed by atoms with van der Waals surface area (Å²) in [6.07, 6.45) is 0. The molecule has 4 heavy (non-hydrogen) atoms. The second-order valence-corrected chi connectivity index (χ2v) is 0.0816. The molecule has 1 N–H and O–H groups in total. The van der Waals surface area contributed by atoms with Crippen LogP contribution in [0.25, 0.3) is 0 Å². The van der Waals surface area contributed by atoms with Crippen molar-refractivity contribution in [1.29, 1.82) is 0 Å². The van der Waals surface area contributed by atoms with Crippen LogP contribution in [0.2, 0.25) is 0 Å². The average Bonchev–Trinajstić information content (AvgIpc) is 0.918. The Morgan fingerprint density at radius 2 is 1.75 bits per heavy atom. The van der Waals surface area contributed by atoms with Crippen LogP contribution in [0.1, 0.15) is 0 Å². The summed E-state index contributed by atoms with van der Waals surface area (Å²) in [7, 11) is 0. The smallest absolute Gasteiger partial charge is 0.379 e. The van der Waals surface area contributed by atoms with E-state index in [1.807, 2.05) is 0 Å². The summed E-state index contributed by atoms with van der Waals surface area (Å²) in [5.41, 5.74) is 0. The minimum atomic E-state index is 0. The fourth-order valence-corrected chi connectivity index (χ4v) is 0. The van der Waals surface area contributed by atoms with E-state index >= 15 is 0 Å².